The molecule has 0 saturated carbocycles. The molecule has 1 atom stereocenters. The second-order valence-corrected chi connectivity index (χ2v) is 4.65. The Hall–Kier alpha value is -1.35. The van der Waals surface area contributed by atoms with E-state index in [1.165, 1.54) is 0 Å². The van der Waals surface area contributed by atoms with Gasteiger partial charge in [-0.1, -0.05) is 0 Å². The number of benzene rings is 1. The van der Waals surface area contributed by atoms with Crippen molar-refractivity contribution >= 4 is 5.78 Å². The van der Waals surface area contributed by atoms with Crippen LogP contribution in [0.5, 0.6) is 5.75 Å². The molecule has 0 spiro atoms. The van der Waals surface area contributed by atoms with Crippen LogP contribution in [0.2, 0.25) is 0 Å². The van der Waals surface area contributed by atoms with Gasteiger partial charge in [-0.25, -0.2) is 0 Å². The van der Waals surface area contributed by atoms with E-state index in [4.69, 9.17) is 4.74 Å². The summed E-state index contributed by atoms with van der Waals surface area (Å²) >= 11 is 0. The first kappa shape index (κ1) is 12.1. The van der Waals surface area contributed by atoms with Crippen molar-refractivity contribution in [1.29, 1.82) is 0 Å². The van der Waals surface area contributed by atoms with Crippen LogP contribution < -0.4 is 10.1 Å². The van der Waals surface area contributed by atoms with Gasteiger partial charge < -0.3 is 10.1 Å². The molecule has 0 amide bonds. The molecule has 3 heteroatoms. The van der Waals surface area contributed by atoms with Gasteiger partial charge >= 0.3 is 0 Å². The molecule has 1 unspecified atom stereocenters. The van der Waals surface area contributed by atoms with Crippen molar-refractivity contribution in [2.75, 3.05) is 13.7 Å². The third kappa shape index (κ3) is 2.34. The molecule has 0 bridgehead atoms. The van der Waals surface area contributed by atoms with Crippen LogP contribution in [0.3, 0.4) is 0 Å². The monoisotopic (exact) mass is 233 g/mol. The molecule has 0 aromatic heterocycles. The highest BCUT2D eigenvalue weighted by molar-refractivity contribution is 6.02. The van der Waals surface area contributed by atoms with Gasteiger partial charge in [-0.15, -0.1) is 0 Å². The third-order valence-corrected chi connectivity index (χ3v) is 3.37. The number of ether oxygens (including phenoxy) is 1. The Morgan fingerprint density at radius 2 is 2.00 bits per heavy atom. The average Bonchev–Trinajstić information content (AvgIpc) is 2.81. The van der Waals surface area contributed by atoms with E-state index in [0.717, 1.165) is 41.8 Å². The molecular formula is C14H19NO2. The van der Waals surface area contributed by atoms with E-state index in [1.54, 1.807) is 7.11 Å². The molecule has 1 fully saturated rings. The molecule has 2 rings (SSSR count). The lowest BCUT2D eigenvalue weighted by Crippen LogP contribution is -2.31. The number of Topliss-reactive ketones (excluding diaryl/α,β-unsaturated/α-hetero) is 1. The molecule has 1 aliphatic heterocycles. The minimum absolute atomic E-state index is 0.000736. The van der Waals surface area contributed by atoms with E-state index in [9.17, 15) is 4.79 Å². The molecule has 1 heterocycles. The summed E-state index contributed by atoms with van der Waals surface area (Å²) in [6.45, 7) is 4.89. The molecular weight excluding hydrogens is 214 g/mol. The maximum atomic E-state index is 12.4. The molecule has 1 saturated heterocycles. The summed E-state index contributed by atoms with van der Waals surface area (Å²) < 4.78 is 5.21. The summed E-state index contributed by atoms with van der Waals surface area (Å²) in [6.07, 6.45) is 2.04. The lowest BCUT2D eigenvalue weighted by Gasteiger charge is -2.15. The van der Waals surface area contributed by atoms with E-state index in [2.05, 4.69) is 5.32 Å². The lowest BCUT2D eigenvalue weighted by molar-refractivity contribution is 0.0951. The maximum absolute atomic E-state index is 12.4. The van der Waals surface area contributed by atoms with E-state index >= 15 is 0 Å². The van der Waals surface area contributed by atoms with Gasteiger partial charge in [-0.2, -0.15) is 0 Å². The Labute approximate surface area is 102 Å². The number of carbonyl (C=O) groups excluding carboxylic acids is 1. The predicted octanol–water partition coefficient (Wildman–Crippen LogP) is 2.25. The van der Waals surface area contributed by atoms with Gasteiger partial charge in [0.25, 0.3) is 0 Å². The molecule has 0 radical (unpaired) electrons. The van der Waals surface area contributed by atoms with Gasteiger partial charge in [0.1, 0.15) is 5.75 Å². The van der Waals surface area contributed by atoms with Gasteiger partial charge in [-0.05, 0) is 56.5 Å². The number of carbonyl (C=O) groups is 1. The summed E-state index contributed by atoms with van der Waals surface area (Å²) in [5, 5.41) is 3.26. The molecule has 92 valence electrons. The van der Waals surface area contributed by atoms with E-state index in [-0.39, 0.29) is 11.8 Å². The highest BCUT2D eigenvalue weighted by Crippen LogP contribution is 2.24. The number of hydrogen-bond acceptors (Lipinski definition) is 3. The predicted molar refractivity (Wildman–Crippen MR) is 67.8 cm³/mol. The second kappa shape index (κ2) is 4.88. The zero-order valence-electron chi connectivity index (χ0n) is 10.7. The SMILES string of the molecule is COc1cc(C)c(C(=O)C2CCCN2)c(C)c1. The highest BCUT2D eigenvalue weighted by Gasteiger charge is 2.25. The first-order valence-corrected chi connectivity index (χ1v) is 6.06. The van der Waals surface area contributed by atoms with E-state index in [1.807, 2.05) is 26.0 Å². The number of ketones is 1. The normalized spacial score (nSPS) is 19.4. The quantitative estimate of drug-likeness (QED) is 0.814. The van der Waals surface area contributed by atoms with Crippen LogP contribution in [0.4, 0.5) is 0 Å². The van der Waals surface area contributed by atoms with Crippen LogP contribution in [0, 0.1) is 13.8 Å². The van der Waals surface area contributed by atoms with E-state index in [0.29, 0.717) is 0 Å². The fraction of sp³-hybridized carbons (Fsp3) is 0.500. The van der Waals surface area contributed by atoms with Crippen molar-refractivity contribution in [2.45, 2.75) is 32.7 Å². The first-order chi connectivity index (χ1) is 8.13. The van der Waals surface area contributed by atoms with Crippen LogP contribution in [-0.2, 0) is 0 Å². The first-order valence-electron chi connectivity index (χ1n) is 6.06. The van der Waals surface area contributed by atoms with Crippen molar-refractivity contribution in [1.82, 2.24) is 5.32 Å². The third-order valence-electron chi connectivity index (χ3n) is 3.37. The summed E-state index contributed by atoms with van der Waals surface area (Å²) in [6, 6.07) is 3.85. The minimum atomic E-state index is 0.000736. The maximum Gasteiger partial charge on any atom is 0.180 e. The summed E-state index contributed by atoms with van der Waals surface area (Å²) in [5.41, 5.74) is 2.85. The van der Waals surface area contributed by atoms with Crippen molar-refractivity contribution in [3.05, 3.63) is 28.8 Å². The lowest BCUT2D eigenvalue weighted by atomic mass is 9.94. The Morgan fingerprint density at radius 1 is 1.35 bits per heavy atom. The Kier molecular flexibility index (Phi) is 3.48. The van der Waals surface area contributed by atoms with Crippen LogP contribution in [-0.4, -0.2) is 25.5 Å². The largest absolute Gasteiger partial charge is 0.497 e. The standard InChI is InChI=1S/C14H19NO2/c1-9-7-11(17-3)8-10(2)13(9)14(16)12-5-4-6-15-12/h7-8,12,15H,4-6H2,1-3H3. The molecule has 1 aliphatic rings. The number of nitrogens with one attached hydrogen (secondary N) is 1. The number of aryl methyl sites for hydroxylation is 2. The van der Waals surface area contributed by atoms with Gasteiger partial charge in [0.15, 0.2) is 5.78 Å². The minimum Gasteiger partial charge on any atom is -0.497 e. The van der Waals surface area contributed by atoms with Crippen molar-refractivity contribution in [3.63, 3.8) is 0 Å². The second-order valence-electron chi connectivity index (χ2n) is 4.65. The van der Waals surface area contributed by atoms with Crippen molar-refractivity contribution in [3.8, 4) is 5.75 Å². The fourth-order valence-corrected chi connectivity index (χ4v) is 2.51. The van der Waals surface area contributed by atoms with Gasteiger partial charge in [-0.3, -0.25) is 4.79 Å². The van der Waals surface area contributed by atoms with E-state index < -0.39 is 0 Å². The van der Waals surface area contributed by atoms with Gasteiger partial charge in [0.2, 0.25) is 0 Å². The Balaban J connectivity index is 2.34. The molecule has 17 heavy (non-hydrogen) atoms. The van der Waals surface area contributed by atoms with Crippen LogP contribution >= 0.6 is 0 Å². The van der Waals surface area contributed by atoms with Crippen molar-refractivity contribution in [2.24, 2.45) is 0 Å². The Bertz CT molecular complexity index is 411. The number of hydrogen-bond donors (Lipinski definition) is 1. The van der Waals surface area contributed by atoms with Gasteiger partial charge in [0, 0.05) is 5.56 Å². The summed E-state index contributed by atoms with van der Waals surface area (Å²) in [7, 11) is 1.65. The van der Waals surface area contributed by atoms with Crippen LogP contribution in [0.15, 0.2) is 12.1 Å². The van der Waals surface area contributed by atoms with Crippen molar-refractivity contribution < 1.29 is 9.53 Å². The average molecular weight is 233 g/mol. The summed E-state index contributed by atoms with van der Waals surface area (Å²) in [4.78, 5) is 12.4. The molecule has 0 aliphatic carbocycles. The molecule has 1 aromatic rings. The molecule has 3 nitrogen and oxygen atoms in total. The topological polar surface area (TPSA) is 38.3 Å². The Morgan fingerprint density at radius 3 is 2.47 bits per heavy atom. The zero-order valence-corrected chi connectivity index (χ0v) is 10.7. The smallest absolute Gasteiger partial charge is 0.180 e. The molecule has 1 N–H and O–H groups in total. The van der Waals surface area contributed by atoms with Gasteiger partial charge in [0.05, 0.1) is 13.2 Å². The fourth-order valence-electron chi connectivity index (χ4n) is 2.51. The zero-order chi connectivity index (χ0) is 12.4. The number of methoxy groups -OCH3 is 1. The molecule has 1 aromatic carbocycles. The van der Waals surface area contributed by atoms with Crippen LogP contribution in [0.25, 0.3) is 0 Å². The summed E-state index contributed by atoms with van der Waals surface area (Å²) in [5.74, 6) is 1.04. The highest BCUT2D eigenvalue weighted by atomic mass is 16.5. The van der Waals surface area contributed by atoms with Crippen LogP contribution in [0.1, 0.15) is 34.3 Å². The number of rotatable bonds is 3.